The molecule has 1 aliphatic heterocycles. The minimum atomic E-state index is -0.125. The standard InChI is InChI=1S/C17H32N6O/c1-13(2)12-22-7-9-23(10-8-22)16(18-6)19-11-14-20-15(24-21-14)17(3,4)5/h13H,7-12H2,1-6H3,(H,18,19). The van der Waals surface area contributed by atoms with Crippen molar-refractivity contribution in [3.63, 3.8) is 0 Å². The van der Waals surface area contributed by atoms with Gasteiger partial charge in [0, 0.05) is 45.2 Å². The molecular weight excluding hydrogens is 304 g/mol. The van der Waals surface area contributed by atoms with Gasteiger partial charge in [-0.05, 0) is 5.92 Å². The fraction of sp³-hybridized carbons (Fsp3) is 0.824. The van der Waals surface area contributed by atoms with Gasteiger partial charge in [0.05, 0.1) is 6.54 Å². The highest BCUT2D eigenvalue weighted by Gasteiger charge is 2.23. The van der Waals surface area contributed by atoms with Crippen LogP contribution >= 0.6 is 0 Å². The molecule has 24 heavy (non-hydrogen) atoms. The summed E-state index contributed by atoms with van der Waals surface area (Å²) in [6.07, 6.45) is 0. The van der Waals surface area contributed by atoms with Crippen LogP contribution < -0.4 is 5.32 Å². The Morgan fingerprint density at radius 1 is 1.25 bits per heavy atom. The van der Waals surface area contributed by atoms with Gasteiger partial charge in [0.2, 0.25) is 5.89 Å². The Morgan fingerprint density at radius 2 is 1.92 bits per heavy atom. The van der Waals surface area contributed by atoms with Crippen LogP contribution in [0.1, 0.15) is 46.3 Å². The quantitative estimate of drug-likeness (QED) is 0.667. The van der Waals surface area contributed by atoms with Crippen molar-refractivity contribution >= 4 is 5.96 Å². The maximum Gasteiger partial charge on any atom is 0.232 e. The molecule has 0 spiro atoms. The average Bonchev–Trinajstić information content (AvgIpc) is 2.98. The minimum Gasteiger partial charge on any atom is -0.349 e. The monoisotopic (exact) mass is 336 g/mol. The molecule has 1 N–H and O–H groups in total. The minimum absolute atomic E-state index is 0.125. The van der Waals surface area contributed by atoms with E-state index >= 15 is 0 Å². The number of guanidine groups is 1. The molecule has 1 aromatic rings. The molecule has 1 fully saturated rings. The second-order valence-corrected chi connectivity index (χ2v) is 7.85. The molecule has 2 heterocycles. The summed E-state index contributed by atoms with van der Waals surface area (Å²) in [5.74, 6) is 2.95. The number of piperazine rings is 1. The van der Waals surface area contributed by atoms with Crippen LogP contribution in [-0.4, -0.2) is 65.7 Å². The van der Waals surface area contributed by atoms with E-state index in [9.17, 15) is 0 Å². The molecule has 0 radical (unpaired) electrons. The first kappa shape index (κ1) is 18.7. The summed E-state index contributed by atoms with van der Waals surface area (Å²) in [7, 11) is 1.82. The topological polar surface area (TPSA) is 69.8 Å². The van der Waals surface area contributed by atoms with Crippen LogP contribution in [0.15, 0.2) is 9.52 Å². The smallest absolute Gasteiger partial charge is 0.232 e. The zero-order chi connectivity index (χ0) is 17.7. The summed E-state index contributed by atoms with van der Waals surface area (Å²) in [6.45, 7) is 16.6. The Hall–Kier alpha value is -1.63. The van der Waals surface area contributed by atoms with Crippen molar-refractivity contribution in [1.82, 2.24) is 25.3 Å². The Morgan fingerprint density at radius 3 is 2.42 bits per heavy atom. The van der Waals surface area contributed by atoms with Crippen molar-refractivity contribution in [3.05, 3.63) is 11.7 Å². The molecule has 1 aliphatic rings. The van der Waals surface area contributed by atoms with E-state index in [0.29, 0.717) is 24.2 Å². The SMILES string of the molecule is CN=C(NCc1noc(C(C)(C)C)n1)N1CCN(CC(C)C)CC1. The lowest BCUT2D eigenvalue weighted by atomic mass is 9.97. The number of nitrogens with zero attached hydrogens (tertiary/aromatic N) is 5. The van der Waals surface area contributed by atoms with Gasteiger partial charge in [-0.3, -0.25) is 9.89 Å². The van der Waals surface area contributed by atoms with Crippen molar-refractivity contribution < 1.29 is 4.52 Å². The summed E-state index contributed by atoms with van der Waals surface area (Å²) in [5, 5.41) is 7.40. The first-order chi connectivity index (χ1) is 11.3. The summed E-state index contributed by atoms with van der Waals surface area (Å²) in [4.78, 5) is 13.7. The van der Waals surface area contributed by atoms with Crippen LogP contribution in [0, 0.1) is 5.92 Å². The van der Waals surface area contributed by atoms with E-state index < -0.39 is 0 Å². The lowest BCUT2D eigenvalue weighted by molar-refractivity contribution is 0.164. The molecule has 0 aromatic carbocycles. The molecule has 7 nitrogen and oxygen atoms in total. The molecule has 0 aliphatic carbocycles. The lowest BCUT2D eigenvalue weighted by Gasteiger charge is -2.37. The van der Waals surface area contributed by atoms with Crippen molar-refractivity contribution in [1.29, 1.82) is 0 Å². The van der Waals surface area contributed by atoms with Crippen LogP contribution in [0.4, 0.5) is 0 Å². The van der Waals surface area contributed by atoms with Gasteiger partial charge in [0.15, 0.2) is 11.8 Å². The van der Waals surface area contributed by atoms with Gasteiger partial charge < -0.3 is 14.7 Å². The van der Waals surface area contributed by atoms with E-state index in [1.54, 1.807) is 0 Å². The Labute approximate surface area is 145 Å². The van der Waals surface area contributed by atoms with Gasteiger partial charge in [-0.25, -0.2) is 0 Å². The second kappa shape index (κ2) is 7.96. The summed E-state index contributed by atoms with van der Waals surface area (Å²) in [6, 6.07) is 0. The molecule has 1 aromatic heterocycles. The van der Waals surface area contributed by atoms with Crippen LogP contribution in [0.5, 0.6) is 0 Å². The van der Waals surface area contributed by atoms with Crippen molar-refractivity contribution in [2.75, 3.05) is 39.8 Å². The van der Waals surface area contributed by atoms with Crippen molar-refractivity contribution in [3.8, 4) is 0 Å². The Kier molecular flexibility index (Phi) is 6.21. The summed E-state index contributed by atoms with van der Waals surface area (Å²) >= 11 is 0. The highest BCUT2D eigenvalue weighted by Crippen LogP contribution is 2.19. The number of nitrogens with one attached hydrogen (secondary N) is 1. The van der Waals surface area contributed by atoms with Gasteiger partial charge in [-0.2, -0.15) is 4.98 Å². The molecule has 0 saturated carbocycles. The summed E-state index contributed by atoms with van der Waals surface area (Å²) < 4.78 is 5.33. The third kappa shape index (κ3) is 5.19. The van der Waals surface area contributed by atoms with Gasteiger partial charge in [-0.1, -0.05) is 39.8 Å². The van der Waals surface area contributed by atoms with Crippen molar-refractivity contribution in [2.24, 2.45) is 10.9 Å². The molecule has 7 heteroatoms. The van der Waals surface area contributed by atoms with Crippen LogP contribution in [0.3, 0.4) is 0 Å². The highest BCUT2D eigenvalue weighted by molar-refractivity contribution is 5.79. The van der Waals surface area contributed by atoms with Crippen LogP contribution in [-0.2, 0) is 12.0 Å². The zero-order valence-corrected chi connectivity index (χ0v) is 16.0. The molecular formula is C17H32N6O. The molecule has 2 rings (SSSR count). The third-order valence-corrected chi connectivity index (χ3v) is 4.02. The predicted octanol–water partition coefficient (Wildman–Crippen LogP) is 1.72. The van der Waals surface area contributed by atoms with Crippen molar-refractivity contribution in [2.45, 2.75) is 46.6 Å². The Bertz CT molecular complexity index is 538. The number of hydrogen-bond donors (Lipinski definition) is 1. The normalized spacial score (nSPS) is 17.6. The number of aliphatic imine (C=N–C) groups is 1. The van der Waals surface area contributed by atoms with Gasteiger partial charge in [-0.15, -0.1) is 0 Å². The largest absolute Gasteiger partial charge is 0.349 e. The fourth-order valence-electron chi connectivity index (χ4n) is 2.78. The van der Waals surface area contributed by atoms with Gasteiger partial charge in [0.1, 0.15) is 0 Å². The zero-order valence-electron chi connectivity index (χ0n) is 16.0. The van der Waals surface area contributed by atoms with Gasteiger partial charge >= 0.3 is 0 Å². The number of hydrogen-bond acceptors (Lipinski definition) is 5. The number of rotatable bonds is 4. The predicted molar refractivity (Wildman–Crippen MR) is 96.0 cm³/mol. The highest BCUT2D eigenvalue weighted by atomic mass is 16.5. The van der Waals surface area contributed by atoms with Crippen LogP contribution in [0.2, 0.25) is 0 Å². The van der Waals surface area contributed by atoms with E-state index in [0.717, 1.165) is 38.7 Å². The van der Waals surface area contributed by atoms with E-state index in [1.807, 2.05) is 7.05 Å². The molecule has 0 atom stereocenters. The molecule has 136 valence electrons. The second-order valence-electron chi connectivity index (χ2n) is 7.85. The third-order valence-electron chi connectivity index (χ3n) is 4.02. The fourth-order valence-corrected chi connectivity index (χ4v) is 2.78. The van der Waals surface area contributed by atoms with E-state index in [2.05, 4.69) is 64.9 Å². The van der Waals surface area contributed by atoms with Gasteiger partial charge in [0.25, 0.3) is 0 Å². The molecule has 0 amide bonds. The molecule has 0 bridgehead atoms. The first-order valence-corrected chi connectivity index (χ1v) is 8.80. The molecule has 1 saturated heterocycles. The van der Waals surface area contributed by atoms with E-state index in [-0.39, 0.29) is 5.41 Å². The lowest BCUT2D eigenvalue weighted by Crippen LogP contribution is -2.52. The Balaban J connectivity index is 1.84. The molecule has 0 unspecified atom stereocenters. The maximum absolute atomic E-state index is 5.33. The van der Waals surface area contributed by atoms with E-state index in [4.69, 9.17) is 4.52 Å². The van der Waals surface area contributed by atoms with Crippen LogP contribution in [0.25, 0.3) is 0 Å². The van der Waals surface area contributed by atoms with E-state index in [1.165, 1.54) is 0 Å². The number of aromatic nitrogens is 2. The summed E-state index contributed by atoms with van der Waals surface area (Å²) in [5.41, 5.74) is -0.125. The maximum atomic E-state index is 5.33. The first-order valence-electron chi connectivity index (χ1n) is 8.80. The average molecular weight is 336 g/mol.